The molecule has 0 spiro atoms. The van der Waals surface area contributed by atoms with Crippen LogP contribution in [-0.2, 0) is 55.1 Å². The average molecular weight is 571 g/mol. The van der Waals surface area contributed by atoms with Gasteiger partial charge in [-0.2, -0.15) is 16.8 Å². The van der Waals surface area contributed by atoms with Crippen LogP contribution in [0.1, 0.15) is 25.0 Å². The highest BCUT2D eigenvalue weighted by Gasteiger charge is 2.25. The summed E-state index contributed by atoms with van der Waals surface area (Å²) in [4.78, 5) is 1.09. The van der Waals surface area contributed by atoms with Crippen LogP contribution < -0.4 is 0 Å². The molecule has 0 saturated carbocycles. The fraction of sp³-hybridized carbons (Fsp3) is 0.400. The Morgan fingerprint density at radius 3 is 1.44 bits per heavy atom. The van der Waals surface area contributed by atoms with Gasteiger partial charge in [-0.1, -0.05) is 38.1 Å². The summed E-state index contributed by atoms with van der Waals surface area (Å²) in [5.41, 5.74) is 1.15. The molecular formula is C20H27O9PS4. The average Bonchev–Trinajstić information content (AvgIpc) is 2.82. The molecule has 0 radical (unpaired) electrons. The smallest absolute Gasteiger partial charge is 0.282 e. The zero-order valence-electron chi connectivity index (χ0n) is 19.1. The van der Waals surface area contributed by atoms with E-state index < -0.39 is 42.1 Å². The highest BCUT2D eigenvalue weighted by molar-refractivity contribution is 7.99. The number of thioether (sulfide) groups is 2. The van der Waals surface area contributed by atoms with Gasteiger partial charge in [-0.15, -0.1) is 23.5 Å². The molecule has 2 aromatic rings. The van der Waals surface area contributed by atoms with Crippen molar-refractivity contribution in [1.29, 1.82) is 0 Å². The lowest BCUT2D eigenvalue weighted by molar-refractivity contribution is 0.0752. The Bertz CT molecular complexity index is 1080. The molecule has 0 heterocycles. The number of aryl methyl sites for hydroxylation is 2. The van der Waals surface area contributed by atoms with E-state index in [-0.39, 0.29) is 9.79 Å². The Morgan fingerprint density at radius 1 is 0.735 bits per heavy atom. The number of rotatable bonds is 14. The van der Waals surface area contributed by atoms with Gasteiger partial charge in [0.2, 0.25) is 0 Å². The highest BCUT2D eigenvalue weighted by atomic mass is 32.2. The Morgan fingerprint density at radius 2 is 1.12 bits per heavy atom. The number of hydrogen-bond acceptors (Lipinski definition) is 11. The van der Waals surface area contributed by atoms with Gasteiger partial charge in [-0.25, -0.2) is 8.37 Å². The first kappa shape index (κ1) is 29.3. The molecule has 0 unspecified atom stereocenters. The van der Waals surface area contributed by atoms with E-state index in [1.165, 1.54) is 23.5 Å². The van der Waals surface area contributed by atoms with Gasteiger partial charge >= 0.3 is 28.5 Å². The van der Waals surface area contributed by atoms with E-state index in [2.05, 4.69) is 0 Å². The molecule has 0 aliphatic rings. The zero-order valence-corrected chi connectivity index (χ0v) is 23.4. The van der Waals surface area contributed by atoms with Crippen molar-refractivity contribution in [2.24, 2.45) is 0 Å². The second-order valence-electron chi connectivity index (χ2n) is 6.52. The van der Waals surface area contributed by atoms with Gasteiger partial charge in [0.1, 0.15) is 9.79 Å². The topological polar surface area (TPSA) is 122 Å². The zero-order chi connectivity index (χ0) is 25.4. The van der Waals surface area contributed by atoms with Crippen LogP contribution in [0, 0.1) is 0 Å². The maximum absolute atomic E-state index is 12.6. The molecule has 0 amide bonds. The molecule has 0 aliphatic carbocycles. The largest absolute Gasteiger partial charge is 0.323 e. The third kappa shape index (κ3) is 7.55. The van der Waals surface area contributed by atoms with Crippen molar-refractivity contribution < 1.29 is 38.8 Å². The van der Waals surface area contributed by atoms with Crippen LogP contribution in [0.2, 0.25) is 0 Å². The molecule has 2 aromatic carbocycles. The lowest BCUT2D eigenvalue weighted by Crippen LogP contribution is -2.13. The molecule has 0 saturated heterocycles. The van der Waals surface area contributed by atoms with E-state index in [4.69, 9.17) is 17.4 Å². The molecule has 2 rings (SSSR count). The van der Waals surface area contributed by atoms with Crippen LogP contribution in [-0.4, -0.2) is 42.9 Å². The first-order valence-corrected chi connectivity index (χ1v) is 16.5. The quantitative estimate of drug-likeness (QED) is 0.136. The molecule has 34 heavy (non-hydrogen) atoms. The molecular weight excluding hydrogens is 543 g/mol. The SMILES string of the molecule is CCc1cccc(SC)c1S(=O)(=O)OCO[PH](=O)OCOS(=O)(=O)c1c(CC)cccc1SC. The van der Waals surface area contributed by atoms with Gasteiger partial charge in [0.15, 0.2) is 13.6 Å². The molecule has 9 nitrogen and oxygen atoms in total. The third-order valence-electron chi connectivity index (χ3n) is 4.58. The van der Waals surface area contributed by atoms with Gasteiger partial charge in [0.05, 0.1) is 0 Å². The fourth-order valence-corrected chi connectivity index (χ4v) is 8.02. The predicted octanol–water partition coefficient (Wildman–Crippen LogP) is 4.70. The van der Waals surface area contributed by atoms with Crippen molar-refractivity contribution in [1.82, 2.24) is 0 Å². The minimum Gasteiger partial charge on any atom is -0.282 e. The van der Waals surface area contributed by atoms with E-state index in [1.54, 1.807) is 48.9 Å². The van der Waals surface area contributed by atoms with E-state index in [9.17, 15) is 21.4 Å². The van der Waals surface area contributed by atoms with Crippen LogP contribution in [0.3, 0.4) is 0 Å². The van der Waals surface area contributed by atoms with Crippen LogP contribution in [0.15, 0.2) is 56.0 Å². The molecule has 14 heteroatoms. The number of benzene rings is 2. The summed E-state index contributed by atoms with van der Waals surface area (Å²) >= 11 is 2.51. The molecule has 0 aromatic heterocycles. The standard InChI is InChI=1S/C20H27O9PS4/c1-5-15-9-7-11-17(31-3)19(15)33(22,23)28-13-26-30(21)27-14-29-34(24,25)20-16(6-2)10-8-12-18(20)32-4/h7-12,30H,5-6,13-14H2,1-4H3. The van der Waals surface area contributed by atoms with Crippen molar-refractivity contribution in [2.45, 2.75) is 46.3 Å². The summed E-state index contributed by atoms with van der Waals surface area (Å²) in [6, 6.07) is 10.2. The van der Waals surface area contributed by atoms with Gasteiger partial charge in [0.25, 0.3) is 0 Å². The predicted molar refractivity (Wildman–Crippen MR) is 133 cm³/mol. The van der Waals surface area contributed by atoms with E-state index in [0.717, 1.165) is 0 Å². The van der Waals surface area contributed by atoms with Crippen molar-refractivity contribution in [2.75, 3.05) is 26.1 Å². The van der Waals surface area contributed by atoms with Gasteiger partial charge in [-0.3, -0.25) is 13.6 Å². The number of hydrogen-bond donors (Lipinski definition) is 0. The Balaban J connectivity index is 1.95. The van der Waals surface area contributed by atoms with Crippen LogP contribution in [0.4, 0.5) is 0 Å². The summed E-state index contributed by atoms with van der Waals surface area (Å²) in [6.45, 7) is 1.90. The summed E-state index contributed by atoms with van der Waals surface area (Å²) in [5, 5.41) is 0. The van der Waals surface area contributed by atoms with Crippen molar-refractivity contribution in [3.05, 3.63) is 47.5 Å². The van der Waals surface area contributed by atoms with Crippen molar-refractivity contribution in [3.63, 3.8) is 0 Å². The minimum atomic E-state index is -4.19. The molecule has 0 bridgehead atoms. The minimum absolute atomic E-state index is 0.0304. The molecule has 0 fully saturated rings. The summed E-state index contributed by atoms with van der Waals surface area (Å²) < 4.78 is 81.9. The van der Waals surface area contributed by atoms with E-state index in [1.807, 2.05) is 13.8 Å². The van der Waals surface area contributed by atoms with Crippen LogP contribution in [0.5, 0.6) is 0 Å². The van der Waals surface area contributed by atoms with Crippen molar-refractivity contribution in [3.8, 4) is 0 Å². The first-order valence-electron chi connectivity index (χ1n) is 10.0. The Hall–Kier alpha value is -0.890. The maximum Gasteiger partial charge on any atom is 0.323 e. The second kappa shape index (κ2) is 13.4. The lowest BCUT2D eigenvalue weighted by atomic mass is 10.2. The summed E-state index contributed by atoms with van der Waals surface area (Å²) in [6.07, 6.45) is 4.42. The summed E-state index contributed by atoms with van der Waals surface area (Å²) in [5.74, 6) is 0. The normalized spacial score (nSPS) is 12.4. The monoisotopic (exact) mass is 570 g/mol. The molecule has 190 valence electrons. The van der Waals surface area contributed by atoms with Crippen LogP contribution in [0.25, 0.3) is 0 Å². The molecule has 0 atom stereocenters. The van der Waals surface area contributed by atoms with Crippen LogP contribution >= 0.6 is 31.8 Å². The molecule has 0 aliphatic heterocycles. The maximum atomic E-state index is 12.6. The second-order valence-corrected chi connectivity index (χ2v) is 12.4. The van der Waals surface area contributed by atoms with E-state index >= 15 is 0 Å². The summed E-state index contributed by atoms with van der Waals surface area (Å²) in [7, 11) is -11.7. The van der Waals surface area contributed by atoms with Crippen molar-refractivity contribution >= 4 is 52.0 Å². The van der Waals surface area contributed by atoms with E-state index in [0.29, 0.717) is 33.8 Å². The Kier molecular flexibility index (Phi) is 11.6. The Labute approximate surface area is 210 Å². The van der Waals surface area contributed by atoms with Gasteiger partial charge < -0.3 is 0 Å². The third-order valence-corrected chi connectivity index (χ3v) is 9.89. The molecule has 0 N–H and O–H groups in total. The fourth-order valence-electron chi connectivity index (χ4n) is 3.00. The van der Waals surface area contributed by atoms with Gasteiger partial charge in [-0.05, 0) is 48.6 Å². The van der Waals surface area contributed by atoms with Gasteiger partial charge in [0, 0.05) is 9.79 Å². The first-order chi connectivity index (χ1) is 16.1. The highest BCUT2D eigenvalue weighted by Crippen LogP contribution is 2.32. The lowest BCUT2D eigenvalue weighted by Gasteiger charge is -2.14.